The minimum absolute atomic E-state index is 0. The Morgan fingerprint density at radius 3 is 2.47 bits per heavy atom. The normalized spacial score (nSPS) is 11.2. The second-order valence-corrected chi connectivity index (χ2v) is 11.3. The van der Waals surface area contributed by atoms with Crippen LogP contribution in [0.3, 0.4) is 0 Å². The first-order valence-electron chi connectivity index (χ1n) is 13.4. The van der Waals surface area contributed by atoms with Gasteiger partial charge in [-0.1, -0.05) is 11.3 Å². The Balaban J connectivity index is 0.000000993. The lowest BCUT2D eigenvalue weighted by Crippen LogP contribution is -2.56. The Kier molecular flexibility index (Phi) is 13.1. The van der Waals surface area contributed by atoms with Crippen LogP contribution in [0.1, 0.15) is 38.8 Å². The van der Waals surface area contributed by atoms with Gasteiger partial charge < -0.3 is 19.9 Å². The third-order valence-corrected chi connectivity index (χ3v) is 7.88. The molecule has 3 aromatic heterocycles. The van der Waals surface area contributed by atoms with Crippen molar-refractivity contribution in [1.82, 2.24) is 24.2 Å². The van der Waals surface area contributed by atoms with E-state index in [2.05, 4.69) is 15.2 Å². The summed E-state index contributed by atoms with van der Waals surface area (Å²) in [6.07, 6.45) is 3.65. The monoisotopic (exact) mass is 731 g/mol. The maximum absolute atomic E-state index is 14.0. The van der Waals surface area contributed by atoms with Crippen LogP contribution in [-0.4, -0.2) is 63.4 Å². The number of halogens is 2. The maximum Gasteiger partial charge on any atom is 0.333 e. The molecule has 4 aromatic rings. The molecule has 3 heterocycles. The summed E-state index contributed by atoms with van der Waals surface area (Å²) in [5, 5.41) is 16.1. The fraction of sp³-hybridized carbons (Fsp3) is 0.448. The molecule has 0 aliphatic rings. The molecule has 0 saturated heterocycles. The highest BCUT2D eigenvalue weighted by Crippen LogP contribution is 2.31. The van der Waals surface area contributed by atoms with Crippen LogP contribution in [0.25, 0.3) is 15.2 Å². The summed E-state index contributed by atoms with van der Waals surface area (Å²) < 4.78 is 28.0. The highest BCUT2D eigenvalue weighted by molar-refractivity contribution is 14.0. The zero-order valence-corrected chi connectivity index (χ0v) is 28.5. The predicted molar refractivity (Wildman–Crippen MR) is 176 cm³/mol. The maximum atomic E-state index is 14.0. The quantitative estimate of drug-likeness (QED) is 0.239. The van der Waals surface area contributed by atoms with E-state index in [1.165, 1.54) is 41.2 Å². The van der Waals surface area contributed by atoms with Crippen LogP contribution in [-0.2, 0) is 28.0 Å². The number of ether oxygens (including phenoxy) is 2. The molecular weight excluding hydrogens is 692 g/mol. The van der Waals surface area contributed by atoms with E-state index in [9.17, 15) is 18.8 Å². The van der Waals surface area contributed by atoms with Gasteiger partial charge in [-0.25, -0.2) is 18.4 Å². The number of benzene rings is 1. The number of methoxy groups -OCH3 is 2. The molecule has 0 atom stereocenters. The van der Waals surface area contributed by atoms with Gasteiger partial charge in [0.25, 0.3) is 5.56 Å². The van der Waals surface area contributed by atoms with Crippen molar-refractivity contribution in [2.24, 2.45) is 0 Å². The van der Waals surface area contributed by atoms with Crippen LogP contribution in [0, 0.1) is 12.7 Å². The Labute approximate surface area is 270 Å². The summed E-state index contributed by atoms with van der Waals surface area (Å²) >= 11 is 1.27. The summed E-state index contributed by atoms with van der Waals surface area (Å²) in [5.41, 5.74) is -1.40. The van der Waals surface area contributed by atoms with Crippen molar-refractivity contribution in [3.8, 4) is 10.8 Å². The molecule has 0 unspecified atom stereocenters. The molecular formula is C29H39FIN5O6S. The first-order valence-corrected chi connectivity index (χ1v) is 14.2. The van der Waals surface area contributed by atoms with E-state index in [-0.39, 0.29) is 49.6 Å². The second-order valence-electron chi connectivity index (χ2n) is 10.3. The van der Waals surface area contributed by atoms with E-state index in [1.54, 1.807) is 51.0 Å². The Bertz CT molecular complexity index is 1640. The van der Waals surface area contributed by atoms with E-state index < -0.39 is 28.5 Å². The first kappa shape index (κ1) is 36.1. The number of fused-ring (bicyclic) bond motifs is 1. The van der Waals surface area contributed by atoms with Crippen molar-refractivity contribution in [1.29, 1.82) is 0 Å². The van der Waals surface area contributed by atoms with Gasteiger partial charge in [0.1, 0.15) is 26.9 Å². The van der Waals surface area contributed by atoms with Crippen molar-refractivity contribution in [2.45, 2.75) is 59.2 Å². The van der Waals surface area contributed by atoms with Crippen LogP contribution in [0.4, 0.5) is 4.39 Å². The van der Waals surface area contributed by atoms with Gasteiger partial charge in [-0.15, -0.1) is 24.0 Å². The number of rotatable bonds is 10. The van der Waals surface area contributed by atoms with Gasteiger partial charge in [-0.3, -0.25) is 14.2 Å². The van der Waals surface area contributed by atoms with Gasteiger partial charge in [0.15, 0.2) is 0 Å². The van der Waals surface area contributed by atoms with Crippen LogP contribution in [0.2, 0.25) is 0 Å². The second kappa shape index (κ2) is 15.6. The number of aryl methyl sites for hydroxylation is 3. The topological polar surface area (TPSA) is 130 Å². The number of nitrogens with zero attached hydrogens (tertiary/aromatic N) is 4. The van der Waals surface area contributed by atoms with Crippen molar-refractivity contribution in [3.05, 3.63) is 74.4 Å². The largest absolute Gasteiger partial charge is 0.496 e. The molecule has 0 saturated carbocycles. The number of hydrogen-bond acceptors (Lipinski definition) is 8. The highest BCUT2D eigenvalue weighted by Gasteiger charge is 2.35. The van der Waals surface area contributed by atoms with Gasteiger partial charge in [0.2, 0.25) is 5.91 Å². The molecule has 0 bridgehead atoms. The third kappa shape index (κ3) is 7.91. The molecule has 1 aromatic carbocycles. The van der Waals surface area contributed by atoms with E-state index >= 15 is 0 Å². The zero-order chi connectivity index (χ0) is 31.2. The van der Waals surface area contributed by atoms with E-state index in [4.69, 9.17) is 9.84 Å². The number of thiophene rings is 1. The number of nitrogens with one attached hydrogen (secondary N) is 1. The minimum Gasteiger partial charge on any atom is -0.496 e. The standard InChI is InChI=1S/C26H30FN5O4S.C3H8O2.HI/c1-15(2)29-24(34)26(4,5)32-21(33)20-16(3)22(31-12-7-11-28-31)37-23(20)30(25(32)35)13-10-17-14-18(27)8-9-19(17)36-6;1-5-3-2-4;/h7-9,11-12,14-15H,10,13H2,1-6H3,(H,29,34);4H,2-3H2,1H3;1H. The number of aliphatic hydroxyl groups is 1. The van der Waals surface area contributed by atoms with Crippen molar-refractivity contribution < 1.29 is 23.8 Å². The van der Waals surface area contributed by atoms with Crippen LogP contribution in [0.15, 0.2) is 46.2 Å². The van der Waals surface area contributed by atoms with Gasteiger partial charge in [-0.2, -0.15) is 5.10 Å². The Hall–Kier alpha value is -3.08. The lowest BCUT2D eigenvalue weighted by atomic mass is 10.0. The molecule has 0 radical (unpaired) electrons. The molecule has 0 spiro atoms. The average molecular weight is 732 g/mol. The minimum atomic E-state index is -1.47. The van der Waals surface area contributed by atoms with E-state index in [0.717, 1.165) is 4.57 Å². The Morgan fingerprint density at radius 1 is 1.23 bits per heavy atom. The summed E-state index contributed by atoms with van der Waals surface area (Å²) in [6, 6.07) is 5.80. The molecule has 1 amide bonds. The number of hydrogen-bond donors (Lipinski definition) is 2. The smallest absolute Gasteiger partial charge is 0.333 e. The van der Waals surface area contributed by atoms with Gasteiger partial charge in [0.05, 0.1) is 25.7 Å². The molecule has 236 valence electrons. The predicted octanol–water partition coefficient (Wildman–Crippen LogP) is 3.61. The van der Waals surface area contributed by atoms with E-state index in [0.29, 0.717) is 38.7 Å². The fourth-order valence-corrected chi connectivity index (χ4v) is 5.70. The summed E-state index contributed by atoms with van der Waals surface area (Å²) in [4.78, 5) is 41.3. The van der Waals surface area contributed by atoms with Gasteiger partial charge in [0, 0.05) is 37.7 Å². The lowest BCUT2D eigenvalue weighted by Gasteiger charge is -2.27. The van der Waals surface area contributed by atoms with Gasteiger partial charge in [-0.05, 0) is 70.9 Å². The number of aromatic nitrogens is 4. The summed E-state index contributed by atoms with van der Waals surface area (Å²) in [5.74, 6) is -0.368. The third-order valence-electron chi connectivity index (χ3n) is 6.58. The molecule has 11 nitrogen and oxygen atoms in total. The zero-order valence-electron chi connectivity index (χ0n) is 25.3. The van der Waals surface area contributed by atoms with Crippen molar-refractivity contribution in [2.75, 3.05) is 27.4 Å². The van der Waals surface area contributed by atoms with Crippen molar-refractivity contribution >= 4 is 51.4 Å². The molecule has 4 rings (SSSR count). The average Bonchev–Trinajstić information content (AvgIpc) is 3.57. The molecule has 2 N–H and O–H groups in total. The lowest BCUT2D eigenvalue weighted by molar-refractivity contribution is -0.129. The van der Waals surface area contributed by atoms with Crippen LogP contribution >= 0.6 is 35.3 Å². The van der Waals surface area contributed by atoms with Crippen LogP contribution in [0.5, 0.6) is 5.75 Å². The molecule has 43 heavy (non-hydrogen) atoms. The molecule has 0 aliphatic heterocycles. The first-order chi connectivity index (χ1) is 19.9. The summed E-state index contributed by atoms with van der Waals surface area (Å²) in [7, 11) is 3.05. The number of amides is 1. The number of carbonyl (C=O) groups is 1. The fourth-order valence-electron chi connectivity index (χ4n) is 4.44. The number of aliphatic hydroxyl groups excluding tert-OH is 1. The van der Waals surface area contributed by atoms with Gasteiger partial charge >= 0.3 is 5.69 Å². The summed E-state index contributed by atoms with van der Waals surface area (Å²) in [6.45, 7) is 9.22. The van der Waals surface area contributed by atoms with Crippen LogP contribution < -0.4 is 21.3 Å². The highest BCUT2D eigenvalue weighted by atomic mass is 127. The number of carbonyl (C=O) groups excluding carboxylic acids is 1. The molecule has 14 heteroatoms. The Morgan fingerprint density at radius 2 is 1.93 bits per heavy atom. The van der Waals surface area contributed by atoms with Crippen molar-refractivity contribution in [3.63, 3.8) is 0 Å². The molecule has 0 fully saturated rings. The van der Waals surface area contributed by atoms with E-state index in [1.807, 2.05) is 13.8 Å². The molecule has 0 aliphatic carbocycles. The SMILES string of the molecule is COCCO.COc1ccc(F)cc1CCn1c(=O)n(C(C)(C)C(=O)NC(C)C)c(=O)c2c(C)c(-n3cccn3)sc21.I.